The Morgan fingerprint density at radius 1 is 1.53 bits per heavy atom. The number of rotatable bonds is 5. The van der Waals surface area contributed by atoms with E-state index in [4.69, 9.17) is 14.4 Å². The molecule has 2 heterocycles. The zero-order valence-electron chi connectivity index (χ0n) is 10.1. The van der Waals surface area contributed by atoms with Gasteiger partial charge in [-0.05, 0) is 18.2 Å². The van der Waals surface area contributed by atoms with Gasteiger partial charge in [-0.1, -0.05) is 5.16 Å². The second-order valence-electron chi connectivity index (χ2n) is 3.61. The van der Waals surface area contributed by atoms with Crippen LogP contribution in [0.3, 0.4) is 0 Å². The second-order valence-corrected chi connectivity index (χ2v) is 3.61. The van der Waals surface area contributed by atoms with Gasteiger partial charge < -0.3 is 14.4 Å². The molecule has 0 aliphatic carbocycles. The van der Waals surface area contributed by atoms with Gasteiger partial charge in [0.15, 0.2) is 6.61 Å². The first-order chi connectivity index (χ1) is 9.13. The van der Waals surface area contributed by atoms with Crippen molar-refractivity contribution in [2.75, 3.05) is 0 Å². The van der Waals surface area contributed by atoms with Crippen LogP contribution in [0.4, 0.5) is 0 Å². The molecule has 2 rings (SSSR count). The molecule has 2 aromatic rings. The molecule has 0 saturated heterocycles. The lowest BCUT2D eigenvalue weighted by Gasteiger charge is -2.02. The summed E-state index contributed by atoms with van der Waals surface area (Å²) in [5.41, 5.74) is 0.533. The molecule has 0 radical (unpaired) electrons. The van der Waals surface area contributed by atoms with Crippen molar-refractivity contribution in [2.24, 2.45) is 0 Å². The molecule has 0 aliphatic heterocycles. The smallest absolute Gasteiger partial charge is 0.328 e. The van der Waals surface area contributed by atoms with E-state index in [9.17, 15) is 4.79 Å². The van der Waals surface area contributed by atoms with Gasteiger partial charge in [-0.2, -0.15) is 4.98 Å². The molecule has 0 amide bonds. The van der Waals surface area contributed by atoms with Gasteiger partial charge in [0.25, 0.3) is 0 Å². The largest absolute Gasteiger partial charge is 0.484 e. The van der Waals surface area contributed by atoms with Crippen molar-refractivity contribution < 1.29 is 19.2 Å². The van der Waals surface area contributed by atoms with Crippen LogP contribution in [-0.2, 0) is 11.4 Å². The van der Waals surface area contributed by atoms with Gasteiger partial charge in [0.1, 0.15) is 5.75 Å². The van der Waals surface area contributed by atoms with Gasteiger partial charge in [-0.15, -0.1) is 0 Å². The Hall–Kier alpha value is -2.70. The van der Waals surface area contributed by atoms with E-state index in [1.165, 1.54) is 12.3 Å². The summed E-state index contributed by atoms with van der Waals surface area (Å²) in [7, 11) is 0. The molecule has 0 spiro atoms. The second kappa shape index (κ2) is 5.76. The molecule has 0 aromatic carbocycles. The molecule has 0 fully saturated rings. The van der Waals surface area contributed by atoms with E-state index < -0.39 is 5.97 Å². The predicted molar refractivity (Wildman–Crippen MR) is 64.3 cm³/mol. The number of carbonyl (C=O) groups is 1. The fraction of sp³-hybridized carbons (Fsp3) is 0.167. The summed E-state index contributed by atoms with van der Waals surface area (Å²) in [6, 6.07) is 3.33. The molecule has 98 valence electrons. The number of ether oxygens (including phenoxy) is 1. The van der Waals surface area contributed by atoms with Gasteiger partial charge in [-0.3, -0.25) is 4.98 Å². The van der Waals surface area contributed by atoms with E-state index in [1.54, 1.807) is 19.1 Å². The molecule has 0 bridgehead atoms. The summed E-state index contributed by atoms with van der Waals surface area (Å²) in [4.78, 5) is 18.4. The SMILES string of the molecule is Cc1nc(COc2ccc(C=CC(=O)O)nc2)no1. The maximum atomic E-state index is 10.3. The van der Waals surface area contributed by atoms with E-state index in [2.05, 4.69) is 15.1 Å². The monoisotopic (exact) mass is 261 g/mol. The molecular weight excluding hydrogens is 250 g/mol. The zero-order valence-corrected chi connectivity index (χ0v) is 10.1. The average Bonchev–Trinajstić information content (AvgIpc) is 2.81. The van der Waals surface area contributed by atoms with Gasteiger partial charge in [0, 0.05) is 13.0 Å². The number of hydrogen-bond donors (Lipinski definition) is 1. The Morgan fingerprint density at radius 2 is 2.37 bits per heavy atom. The van der Waals surface area contributed by atoms with Gasteiger partial charge in [-0.25, -0.2) is 4.79 Å². The quantitative estimate of drug-likeness (QED) is 0.813. The molecule has 7 nitrogen and oxygen atoms in total. The Labute approximate surface area is 108 Å². The van der Waals surface area contributed by atoms with Crippen LogP contribution in [0.2, 0.25) is 0 Å². The molecule has 0 saturated carbocycles. The van der Waals surface area contributed by atoms with E-state index in [0.717, 1.165) is 6.08 Å². The van der Waals surface area contributed by atoms with Crippen molar-refractivity contribution in [3.8, 4) is 5.75 Å². The predicted octanol–water partition coefficient (Wildman–Crippen LogP) is 1.45. The van der Waals surface area contributed by atoms with Crippen molar-refractivity contribution in [3.05, 3.63) is 41.8 Å². The van der Waals surface area contributed by atoms with Crippen LogP contribution in [0.1, 0.15) is 17.4 Å². The van der Waals surface area contributed by atoms with Crippen molar-refractivity contribution in [1.82, 2.24) is 15.1 Å². The van der Waals surface area contributed by atoms with Crippen LogP contribution in [0.15, 0.2) is 28.9 Å². The van der Waals surface area contributed by atoms with Crippen LogP contribution in [0.25, 0.3) is 6.08 Å². The van der Waals surface area contributed by atoms with E-state index in [0.29, 0.717) is 23.2 Å². The normalized spacial score (nSPS) is 10.8. The van der Waals surface area contributed by atoms with E-state index in [1.807, 2.05) is 0 Å². The summed E-state index contributed by atoms with van der Waals surface area (Å²) in [6.07, 6.45) is 3.91. The van der Waals surface area contributed by atoms with E-state index in [-0.39, 0.29) is 6.61 Å². The number of hydrogen-bond acceptors (Lipinski definition) is 6. The number of aliphatic carboxylic acids is 1. The van der Waals surface area contributed by atoms with Crippen molar-refractivity contribution in [2.45, 2.75) is 13.5 Å². The summed E-state index contributed by atoms with van der Waals surface area (Å²) in [5, 5.41) is 12.2. The lowest BCUT2D eigenvalue weighted by molar-refractivity contribution is -0.131. The standard InChI is InChI=1S/C12H11N3O4/c1-8-14-11(15-19-8)7-18-10-4-2-9(13-6-10)3-5-12(16)17/h2-6H,7H2,1H3,(H,16,17). The Morgan fingerprint density at radius 3 is 2.95 bits per heavy atom. The molecule has 0 unspecified atom stereocenters. The van der Waals surface area contributed by atoms with Gasteiger partial charge >= 0.3 is 5.97 Å². The molecule has 19 heavy (non-hydrogen) atoms. The van der Waals surface area contributed by atoms with E-state index >= 15 is 0 Å². The Kier molecular flexibility index (Phi) is 3.87. The summed E-state index contributed by atoms with van der Waals surface area (Å²) >= 11 is 0. The lowest BCUT2D eigenvalue weighted by atomic mass is 10.3. The Bertz CT molecular complexity index is 589. The highest BCUT2D eigenvalue weighted by Gasteiger charge is 2.03. The first-order valence-electron chi connectivity index (χ1n) is 5.42. The highest BCUT2D eigenvalue weighted by atomic mass is 16.5. The lowest BCUT2D eigenvalue weighted by Crippen LogP contribution is -1.98. The van der Waals surface area contributed by atoms with Gasteiger partial charge in [0.2, 0.25) is 11.7 Å². The zero-order chi connectivity index (χ0) is 13.7. The highest BCUT2D eigenvalue weighted by molar-refractivity contribution is 5.84. The maximum Gasteiger partial charge on any atom is 0.328 e. The number of carboxylic acids is 1. The van der Waals surface area contributed by atoms with Crippen molar-refractivity contribution >= 4 is 12.0 Å². The third-order valence-electron chi connectivity index (χ3n) is 2.09. The summed E-state index contributed by atoms with van der Waals surface area (Å²) in [6.45, 7) is 1.88. The minimum absolute atomic E-state index is 0.184. The topological polar surface area (TPSA) is 98.3 Å². The van der Waals surface area contributed by atoms with Crippen LogP contribution in [0, 0.1) is 6.92 Å². The average molecular weight is 261 g/mol. The fourth-order valence-electron chi connectivity index (χ4n) is 1.28. The van der Waals surface area contributed by atoms with Crippen LogP contribution < -0.4 is 4.74 Å². The number of carboxylic acid groups (broad SMARTS) is 1. The number of pyridine rings is 1. The number of nitrogens with zero attached hydrogens (tertiary/aromatic N) is 3. The maximum absolute atomic E-state index is 10.3. The van der Waals surface area contributed by atoms with Crippen LogP contribution in [0.5, 0.6) is 5.75 Å². The molecule has 1 N–H and O–H groups in total. The number of aryl methyl sites for hydroxylation is 1. The first-order valence-corrected chi connectivity index (χ1v) is 5.42. The van der Waals surface area contributed by atoms with Crippen molar-refractivity contribution in [1.29, 1.82) is 0 Å². The van der Waals surface area contributed by atoms with Crippen molar-refractivity contribution in [3.63, 3.8) is 0 Å². The minimum Gasteiger partial charge on any atom is -0.484 e. The molecule has 0 aliphatic rings. The number of aromatic nitrogens is 3. The molecular formula is C12H11N3O4. The third kappa shape index (κ3) is 3.91. The molecule has 2 aromatic heterocycles. The summed E-state index contributed by atoms with van der Waals surface area (Å²) < 4.78 is 10.2. The molecule has 0 atom stereocenters. The minimum atomic E-state index is -1.02. The Balaban J connectivity index is 1.93. The highest BCUT2D eigenvalue weighted by Crippen LogP contribution is 2.11. The van der Waals surface area contributed by atoms with Crippen LogP contribution in [-0.4, -0.2) is 26.2 Å². The van der Waals surface area contributed by atoms with Crippen LogP contribution >= 0.6 is 0 Å². The summed E-state index contributed by atoms with van der Waals surface area (Å²) in [5.74, 6) is 0.447. The molecule has 7 heteroatoms. The van der Waals surface area contributed by atoms with Gasteiger partial charge in [0.05, 0.1) is 11.9 Å². The first kappa shape index (κ1) is 12.7. The third-order valence-corrected chi connectivity index (χ3v) is 2.09. The fourth-order valence-corrected chi connectivity index (χ4v) is 1.28.